The lowest BCUT2D eigenvalue weighted by Gasteiger charge is -2.18. The van der Waals surface area contributed by atoms with Crippen LogP contribution in [0.2, 0.25) is 0 Å². The SMILES string of the molecule is CN(C)CC(N)c1cc(F)cc(-c2ccnc3[nH]c(-c4n[nH]c5ccc(-c6cnccn6)cc45)cc23)c1. The summed E-state index contributed by atoms with van der Waals surface area (Å²) in [5, 5.41) is 9.50. The summed E-state index contributed by atoms with van der Waals surface area (Å²) in [4.78, 5) is 18.5. The van der Waals surface area contributed by atoms with Gasteiger partial charge in [0.1, 0.15) is 17.2 Å². The molecule has 4 aromatic heterocycles. The van der Waals surface area contributed by atoms with Gasteiger partial charge >= 0.3 is 0 Å². The van der Waals surface area contributed by atoms with Crippen LogP contribution in [-0.4, -0.2) is 55.7 Å². The summed E-state index contributed by atoms with van der Waals surface area (Å²) in [6, 6.07) is 14.6. The van der Waals surface area contributed by atoms with Gasteiger partial charge in [0.15, 0.2) is 0 Å². The fourth-order valence-electron chi connectivity index (χ4n) is 4.71. The molecule has 0 saturated carbocycles. The van der Waals surface area contributed by atoms with Crippen LogP contribution in [0, 0.1) is 5.82 Å². The number of benzene rings is 2. The average molecular weight is 493 g/mol. The van der Waals surface area contributed by atoms with Gasteiger partial charge in [-0.25, -0.2) is 9.37 Å². The second-order valence-corrected chi connectivity index (χ2v) is 9.37. The van der Waals surface area contributed by atoms with Crippen molar-refractivity contribution in [2.75, 3.05) is 20.6 Å². The molecule has 184 valence electrons. The zero-order valence-electron chi connectivity index (χ0n) is 20.4. The number of aromatic amines is 2. The van der Waals surface area contributed by atoms with Crippen molar-refractivity contribution >= 4 is 21.9 Å². The van der Waals surface area contributed by atoms with Crippen molar-refractivity contribution in [2.45, 2.75) is 6.04 Å². The summed E-state index contributed by atoms with van der Waals surface area (Å²) in [7, 11) is 3.89. The van der Waals surface area contributed by atoms with Gasteiger partial charge in [-0.1, -0.05) is 6.07 Å². The van der Waals surface area contributed by atoms with Crippen molar-refractivity contribution in [2.24, 2.45) is 5.73 Å². The largest absolute Gasteiger partial charge is 0.338 e. The Morgan fingerprint density at radius 1 is 0.946 bits per heavy atom. The molecule has 0 spiro atoms. The zero-order chi connectivity index (χ0) is 25.5. The molecule has 0 aliphatic carbocycles. The van der Waals surface area contributed by atoms with Crippen LogP contribution in [0.3, 0.4) is 0 Å². The Morgan fingerprint density at radius 3 is 2.65 bits per heavy atom. The third kappa shape index (κ3) is 4.35. The minimum atomic E-state index is -0.322. The van der Waals surface area contributed by atoms with Gasteiger partial charge in [-0.3, -0.25) is 15.1 Å². The molecule has 0 aliphatic rings. The molecule has 0 aliphatic heterocycles. The van der Waals surface area contributed by atoms with Crippen LogP contribution in [-0.2, 0) is 0 Å². The topological polar surface area (TPSA) is 112 Å². The van der Waals surface area contributed by atoms with Gasteiger partial charge in [-0.15, -0.1) is 0 Å². The Bertz CT molecular complexity index is 1720. The van der Waals surface area contributed by atoms with Gasteiger partial charge in [0, 0.05) is 47.5 Å². The number of halogens is 1. The van der Waals surface area contributed by atoms with E-state index in [0.29, 0.717) is 12.2 Å². The molecular weight excluding hydrogens is 467 g/mol. The molecule has 6 aromatic rings. The van der Waals surface area contributed by atoms with Crippen LogP contribution in [0.4, 0.5) is 4.39 Å². The van der Waals surface area contributed by atoms with Gasteiger partial charge in [0.25, 0.3) is 0 Å². The molecule has 1 atom stereocenters. The number of H-pyrrole nitrogens is 2. The lowest BCUT2D eigenvalue weighted by Crippen LogP contribution is -2.26. The fourth-order valence-corrected chi connectivity index (χ4v) is 4.71. The molecule has 4 N–H and O–H groups in total. The van der Waals surface area contributed by atoms with Crippen molar-refractivity contribution in [3.8, 4) is 33.8 Å². The Hall–Kier alpha value is -4.47. The first kappa shape index (κ1) is 23.0. The molecule has 9 heteroatoms. The molecule has 0 radical (unpaired) electrons. The number of nitrogens with one attached hydrogen (secondary N) is 2. The standard InChI is InChI=1S/C28H25FN8/c1-37(2)15-23(30)18-9-17(10-19(29)11-18)20-5-6-33-28-21(20)13-25(34-28)27-22-12-16(3-4-24(22)35-36-27)26-14-31-7-8-32-26/h3-14,23H,15,30H2,1-2H3,(H,33,34)(H,35,36). The Morgan fingerprint density at radius 2 is 1.84 bits per heavy atom. The van der Waals surface area contributed by atoms with E-state index in [1.165, 1.54) is 12.1 Å². The maximum absolute atomic E-state index is 14.7. The average Bonchev–Trinajstić information content (AvgIpc) is 3.52. The highest BCUT2D eigenvalue weighted by Gasteiger charge is 2.17. The summed E-state index contributed by atoms with van der Waals surface area (Å²) < 4.78 is 14.7. The second-order valence-electron chi connectivity index (χ2n) is 9.37. The Balaban J connectivity index is 1.45. The van der Waals surface area contributed by atoms with E-state index in [0.717, 1.165) is 55.6 Å². The number of pyridine rings is 1. The van der Waals surface area contributed by atoms with Crippen LogP contribution in [0.1, 0.15) is 11.6 Å². The fraction of sp³-hybridized carbons (Fsp3) is 0.143. The smallest absolute Gasteiger partial charge is 0.138 e. The van der Waals surface area contributed by atoms with E-state index in [1.54, 1.807) is 24.8 Å². The normalized spacial score (nSPS) is 12.6. The lowest BCUT2D eigenvalue weighted by molar-refractivity contribution is 0.376. The van der Waals surface area contributed by atoms with Crippen LogP contribution in [0.15, 0.2) is 73.3 Å². The highest BCUT2D eigenvalue weighted by Crippen LogP contribution is 2.35. The van der Waals surface area contributed by atoms with E-state index in [9.17, 15) is 4.39 Å². The third-order valence-corrected chi connectivity index (χ3v) is 6.43. The van der Waals surface area contributed by atoms with Gasteiger partial charge in [-0.2, -0.15) is 5.10 Å². The minimum absolute atomic E-state index is 0.303. The van der Waals surface area contributed by atoms with Crippen molar-refractivity contribution in [3.05, 3.63) is 84.7 Å². The van der Waals surface area contributed by atoms with Gasteiger partial charge in [0.2, 0.25) is 0 Å². The predicted molar refractivity (Wildman–Crippen MR) is 143 cm³/mol. The molecule has 4 heterocycles. The van der Waals surface area contributed by atoms with Crippen molar-refractivity contribution in [1.82, 2.24) is 35.0 Å². The second kappa shape index (κ2) is 9.20. The molecule has 1 unspecified atom stereocenters. The lowest BCUT2D eigenvalue weighted by atomic mass is 9.98. The number of aromatic nitrogens is 6. The van der Waals surface area contributed by atoms with Gasteiger partial charge in [0.05, 0.1) is 23.1 Å². The molecule has 8 nitrogen and oxygen atoms in total. The van der Waals surface area contributed by atoms with Crippen molar-refractivity contribution in [3.63, 3.8) is 0 Å². The minimum Gasteiger partial charge on any atom is -0.338 e. The summed E-state index contributed by atoms with van der Waals surface area (Å²) in [5.41, 5.74) is 13.6. The monoisotopic (exact) mass is 492 g/mol. The Kier molecular flexibility index (Phi) is 5.71. The maximum atomic E-state index is 14.7. The van der Waals surface area contributed by atoms with Crippen LogP contribution < -0.4 is 5.73 Å². The number of fused-ring (bicyclic) bond motifs is 2. The van der Waals surface area contributed by atoms with E-state index in [1.807, 2.05) is 55.4 Å². The molecule has 2 aromatic carbocycles. The zero-order valence-corrected chi connectivity index (χ0v) is 20.4. The number of nitrogens with two attached hydrogens (primary N) is 1. The summed E-state index contributed by atoms with van der Waals surface area (Å²) >= 11 is 0. The summed E-state index contributed by atoms with van der Waals surface area (Å²) in [6.45, 7) is 0.617. The Labute approximate surface area is 212 Å². The predicted octanol–water partition coefficient (Wildman–Crippen LogP) is 4.93. The van der Waals surface area contributed by atoms with E-state index in [4.69, 9.17) is 5.73 Å². The third-order valence-electron chi connectivity index (χ3n) is 6.43. The van der Waals surface area contributed by atoms with E-state index in [-0.39, 0.29) is 11.9 Å². The van der Waals surface area contributed by atoms with E-state index < -0.39 is 0 Å². The maximum Gasteiger partial charge on any atom is 0.138 e. The highest BCUT2D eigenvalue weighted by atomic mass is 19.1. The number of hydrogen-bond acceptors (Lipinski definition) is 6. The first-order valence-corrected chi connectivity index (χ1v) is 11.9. The van der Waals surface area contributed by atoms with Crippen molar-refractivity contribution < 1.29 is 4.39 Å². The molecule has 37 heavy (non-hydrogen) atoms. The van der Waals surface area contributed by atoms with Crippen LogP contribution in [0.25, 0.3) is 55.7 Å². The van der Waals surface area contributed by atoms with Gasteiger partial charge < -0.3 is 15.6 Å². The number of nitrogens with zero attached hydrogens (tertiary/aromatic N) is 5. The molecule has 0 amide bonds. The molecule has 0 bridgehead atoms. The van der Waals surface area contributed by atoms with Crippen molar-refractivity contribution in [1.29, 1.82) is 0 Å². The molecular formula is C28H25FN8. The van der Waals surface area contributed by atoms with E-state index in [2.05, 4.69) is 30.1 Å². The molecule has 0 fully saturated rings. The van der Waals surface area contributed by atoms with Gasteiger partial charge in [-0.05, 0) is 73.3 Å². The molecule has 6 rings (SSSR count). The number of likely N-dealkylation sites (N-methyl/N-ethyl adjacent to an activating group) is 1. The summed E-state index contributed by atoms with van der Waals surface area (Å²) in [6.07, 6.45) is 6.78. The first-order chi connectivity index (χ1) is 18.0. The first-order valence-electron chi connectivity index (χ1n) is 11.9. The highest BCUT2D eigenvalue weighted by molar-refractivity contribution is 6.00. The molecule has 0 saturated heterocycles. The number of hydrogen-bond donors (Lipinski definition) is 3. The number of rotatable bonds is 6. The van der Waals surface area contributed by atoms with Crippen LogP contribution in [0.5, 0.6) is 0 Å². The van der Waals surface area contributed by atoms with Crippen LogP contribution >= 0.6 is 0 Å². The quantitative estimate of drug-likeness (QED) is 0.304. The van der Waals surface area contributed by atoms with E-state index >= 15 is 0 Å². The summed E-state index contributed by atoms with van der Waals surface area (Å²) in [5.74, 6) is -0.322.